The van der Waals surface area contributed by atoms with E-state index in [4.69, 9.17) is 23.2 Å². The van der Waals surface area contributed by atoms with Gasteiger partial charge in [-0.25, -0.2) is 0 Å². The highest BCUT2D eigenvalue weighted by atomic mass is 35.5. The standard InChI is InChI=1S/C13H6Cl2F3NO2/c14-10-5-8(13(16,17)18)6-11(15)12(10)7-1-3-9(4-2-7)19(20)21/h1-6H. The molecule has 0 N–H and O–H groups in total. The Morgan fingerprint density at radius 3 is 1.86 bits per heavy atom. The Hall–Kier alpha value is -1.79. The summed E-state index contributed by atoms with van der Waals surface area (Å²) in [6.45, 7) is 0. The van der Waals surface area contributed by atoms with Gasteiger partial charge in [0, 0.05) is 17.7 Å². The van der Waals surface area contributed by atoms with E-state index >= 15 is 0 Å². The summed E-state index contributed by atoms with van der Waals surface area (Å²) in [7, 11) is 0. The number of hydrogen-bond acceptors (Lipinski definition) is 2. The summed E-state index contributed by atoms with van der Waals surface area (Å²) < 4.78 is 37.9. The lowest BCUT2D eigenvalue weighted by atomic mass is 10.0. The number of alkyl halides is 3. The van der Waals surface area contributed by atoms with Crippen LogP contribution in [0.3, 0.4) is 0 Å². The molecule has 0 spiro atoms. The summed E-state index contributed by atoms with van der Waals surface area (Å²) in [6, 6.07) is 6.73. The minimum atomic E-state index is -4.55. The van der Waals surface area contributed by atoms with Gasteiger partial charge in [0.1, 0.15) is 0 Å². The van der Waals surface area contributed by atoms with Gasteiger partial charge >= 0.3 is 6.18 Å². The molecule has 0 saturated heterocycles. The smallest absolute Gasteiger partial charge is 0.258 e. The zero-order chi connectivity index (χ0) is 15.8. The maximum atomic E-state index is 12.6. The van der Waals surface area contributed by atoms with Crippen molar-refractivity contribution in [1.29, 1.82) is 0 Å². The molecule has 0 fully saturated rings. The second-order valence-corrected chi connectivity index (χ2v) is 4.93. The molecule has 0 amide bonds. The maximum Gasteiger partial charge on any atom is 0.416 e. The Bertz CT molecular complexity index is 677. The van der Waals surface area contributed by atoms with Gasteiger partial charge in [0.25, 0.3) is 5.69 Å². The molecule has 0 atom stereocenters. The van der Waals surface area contributed by atoms with Gasteiger partial charge in [0.2, 0.25) is 0 Å². The Morgan fingerprint density at radius 1 is 1.00 bits per heavy atom. The first kappa shape index (κ1) is 15.6. The van der Waals surface area contributed by atoms with Crippen molar-refractivity contribution < 1.29 is 18.1 Å². The summed E-state index contributed by atoms with van der Waals surface area (Å²) in [4.78, 5) is 9.98. The first-order valence-corrected chi connectivity index (χ1v) is 6.27. The first-order chi connectivity index (χ1) is 9.70. The summed E-state index contributed by atoms with van der Waals surface area (Å²) in [5, 5.41) is 10.2. The number of nitro groups is 1. The molecule has 0 radical (unpaired) electrons. The minimum Gasteiger partial charge on any atom is -0.258 e. The molecule has 2 aromatic carbocycles. The van der Waals surface area contributed by atoms with Gasteiger partial charge in [-0.2, -0.15) is 13.2 Å². The summed E-state index contributed by atoms with van der Waals surface area (Å²) in [5.41, 5.74) is -0.508. The molecule has 0 aliphatic rings. The van der Waals surface area contributed by atoms with Crippen LogP contribution in [0.15, 0.2) is 36.4 Å². The largest absolute Gasteiger partial charge is 0.416 e. The second kappa shape index (κ2) is 5.54. The summed E-state index contributed by atoms with van der Waals surface area (Å²) in [6.07, 6.45) is -4.55. The van der Waals surface area contributed by atoms with Crippen LogP contribution in [0.5, 0.6) is 0 Å². The fourth-order valence-electron chi connectivity index (χ4n) is 1.76. The number of halogens is 5. The van der Waals surface area contributed by atoms with Crippen LogP contribution >= 0.6 is 23.2 Å². The molecular weight excluding hydrogens is 330 g/mol. The molecule has 0 aliphatic carbocycles. The fraction of sp³-hybridized carbons (Fsp3) is 0.0769. The van der Waals surface area contributed by atoms with Gasteiger partial charge in [0.05, 0.1) is 20.5 Å². The van der Waals surface area contributed by atoms with Crippen molar-refractivity contribution in [3.05, 3.63) is 62.1 Å². The quantitative estimate of drug-likeness (QED) is 0.530. The van der Waals surface area contributed by atoms with Crippen LogP contribution in [0.1, 0.15) is 5.56 Å². The predicted molar refractivity (Wildman–Crippen MR) is 73.6 cm³/mol. The van der Waals surface area contributed by atoms with E-state index in [-0.39, 0.29) is 21.3 Å². The number of benzene rings is 2. The lowest BCUT2D eigenvalue weighted by Crippen LogP contribution is -2.05. The third-order valence-corrected chi connectivity index (χ3v) is 3.33. The molecule has 0 heterocycles. The lowest BCUT2D eigenvalue weighted by Gasteiger charge is -2.12. The van der Waals surface area contributed by atoms with Gasteiger partial charge < -0.3 is 0 Å². The van der Waals surface area contributed by atoms with Crippen molar-refractivity contribution in [3.63, 3.8) is 0 Å². The zero-order valence-corrected chi connectivity index (χ0v) is 11.6. The van der Waals surface area contributed by atoms with Crippen molar-refractivity contribution in [3.8, 4) is 11.1 Å². The predicted octanol–water partition coefficient (Wildman–Crippen LogP) is 5.59. The van der Waals surface area contributed by atoms with Crippen LogP contribution in [-0.2, 0) is 6.18 Å². The molecule has 0 aliphatic heterocycles. The number of nitro benzene ring substituents is 1. The monoisotopic (exact) mass is 335 g/mol. The highest BCUT2D eigenvalue weighted by molar-refractivity contribution is 6.39. The Kier molecular flexibility index (Phi) is 4.11. The van der Waals surface area contributed by atoms with E-state index < -0.39 is 16.7 Å². The average molecular weight is 336 g/mol. The molecule has 110 valence electrons. The molecule has 0 aromatic heterocycles. The molecule has 0 bridgehead atoms. The highest BCUT2D eigenvalue weighted by Gasteiger charge is 2.32. The minimum absolute atomic E-state index is 0.141. The lowest BCUT2D eigenvalue weighted by molar-refractivity contribution is -0.384. The van der Waals surface area contributed by atoms with Gasteiger partial charge in [-0.05, 0) is 29.8 Å². The number of nitrogens with zero attached hydrogens (tertiary/aromatic N) is 1. The molecule has 2 aromatic rings. The van der Waals surface area contributed by atoms with Crippen LogP contribution in [-0.4, -0.2) is 4.92 Å². The molecular formula is C13H6Cl2F3NO2. The fourth-order valence-corrected chi connectivity index (χ4v) is 2.47. The van der Waals surface area contributed by atoms with E-state index in [0.29, 0.717) is 5.56 Å². The van der Waals surface area contributed by atoms with E-state index in [1.165, 1.54) is 24.3 Å². The van der Waals surface area contributed by atoms with Gasteiger partial charge in [0.15, 0.2) is 0 Å². The summed E-state index contributed by atoms with van der Waals surface area (Å²) >= 11 is 11.7. The van der Waals surface area contributed by atoms with E-state index in [1.54, 1.807) is 0 Å². The van der Waals surface area contributed by atoms with Crippen LogP contribution in [0.25, 0.3) is 11.1 Å². The van der Waals surface area contributed by atoms with E-state index in [0.717, 1.165) is 12.1 Å². The van der Waals surface area contributed by atoms with Crippen molar-refractivity contribution >= 4 is 28.9 Å². The van der Waals surface area contributed by atoms with Crippen LogP contribution < -0.4 is 0 Å². The van der Waals surface area contributed by atoms with Crippen LogP contribution in [0, 0.1) is 10.1 Å². The van der Waals surface area contributed by atoms with Crippen LogP contribution in [0.2, 0.25) is 10.0 Å². The molecule has 8 heteroatoms. The third kappa shape index (κ3) is 3.28. The average Bonchev–Trinajstić information content (AvgIpc) is 2.37. The SMILES string of the molecule is O=[N+]([O-])c1ccc(-c2c(Cl)cc(C(F)(F)F)cc2Cl)cc1. The van der Waals surface area contributed by atoms with Gasteiger partial charge in [-0.15, -0.1) is 0 Å². The Morgan fingerprint density at radius 2 is 1.48 bits per heavy atom. The topological polar surface area (TPSA) is 43.1 Å². The van der Waals surface area contributed by atoms with Gasteiger partial charge in [-0.1, -0.05) is 23.2 Å². The number of non-ortho nitro benzene ring substituents is 1. The molecule has 0 unspecified atom stereocenters. The van der Waals surface area contributed by atoms with Gasteiger partial charge in [-0.3, -0.25) is 10.1 Å². The Balaban J connectivity index is 2.52. The number of rotatable bonds is 2. The normalized spacial score (nSPS) is 11.5. The Labute approximate surface area is 127 Å². The van der Waals surface area contributed by atoms with E-state index in [1.807, 2.05) is 0 Å². The molecule has 21 heavy (non-hydrogen) atoms. The first-order valence-electron chi connectivity index (χ1n) is 5.51. The van der Waals surface area contributed by atoms with E-state index in [2.05, 4.69) is 0 Å². The second-order valence-electron chi connectivity index (χ2n) is 4.12. The molecule has 0 saturated carbocycles. The third-order valence-electron chi connectivity index (χ3n) is 2.74. The molecule has 2 rings (SSSR count). The highest BCUT2D eigenvalue weighted by Crippen LogP contribution is 2.40. The van der Waals surface area contributed by atoms with Crippen molar-refractivity contribution in [2.75, 3.05) is 0 Å². The van der Waals surface area contributed by atoms with E-state index in [9.17, 15) is 23.3 Å². The zero-order valence-electron chi connectivity index (χ0n) is 10.1. The van der Waals surface area contributed by atoms with Crippen molar-refractivity contribution in [2.24, 2.45) is 0 Å². The maximum absolute atomic E-state index is 12.6. The number of hydrogen-bond donors (Lipinski definition) is 0. The molecule has 3 nitrogen and oxygen atoms in total. The van der Waals surface area contributed by atoms with Crippen LogP contribution in [0.4, 0.5) is 18.9 Å². The summed E-state index contributed by atoms with van der Waals surface area (Å²) in [5.74, 6) is 0. The van der Waals surface area contributed by atoms with Crippen molar-refractivity contribution in [2.45, 2.75) is 6.18 Å². The van der Waals surface area contributed by atoms with Crippen molar-refractivity contribution in [1.82, 2.24) is 0 Å².